The van der Waals surface area contributed by atoms with Crippen LogP contribution in [-0.2, 0) is 6.54 Å². The van der Waals surface area contributed by atoms with Crippen molar-refractivity contribution in [3.05, 3.63) is 40.0 Å². The molecule has 0 radical (unpaired) electrons. The van der Waals surface area contributed by atoms with Crippen molar-refractivity contribution in [3.63, 3.8) is 0 Å². The first-order valence-electron chi connectivity index (χ1n) is 5.89. The van der Waals surface area contributed by atoms with Crippen LogP contribution >= 0.6 is 11.3 Å². The van der Waals surface area contributed by atoms with Gasteiger partial charge < -0.3 is 10.2 Å². The molecule has 0 aromatic carbocycles. The largest absolute Gasteiger partial charge is 0.373 e. The molecule has 19 heavy (non-hydrogen) atoms. The van der Waals surface area contributed by atoms with E-state index in [0.717, 1.165) is 11.4 Å². The topological polar surface area (TPSA) is 58.1 Å². The van der Waals surface area contributed by atoms with Crippen molar-refractivity contribution in [1.29, 1.82) is 0 Å². The molecule has 0 aliphatic rings. The van der Waals surface area contributed by atoms with E-state index in [9.17, 15) is 4.79 Å². The van der Waals surface area contributed by atoms with E-state index < -0.39 is 0 Å². The molecule has 0 bridgehead atoms. The van der Waals surface area contributed by atoms with Crippen LogP contribution < -0.4 is 5.32 Å². The summed E-state index contributed by atoms with van der Waals surface area (Å²) in [6.45, 7) is 2.39. The zero-order chi connectivity index (χ0) is 13.8. The van der Waals surface area contributed by atoms with E-state index in [2.05, 4.69) is 15.3 Å². The molecule has 100 valence electrons. The molecule has 2 aromatic heterocycles. The van der Waals surface area contributed by atoms with E-state index in [1.165, 1.54) is 11.3 Å². The smallest absolute Gasteiger partial charge is 0.254 e. The van der Waals surface area contributed by atoms with Gasteiger partial charge in [0.25, 0.3) is 5.91 Å². The number of aromatic nitrogens is 2. The van der Waals surface area contributed by atoms with Crippen molar-refractivity contribution in [1.82, 2.24) is 14.9 Å². The number of anilines is 1. The fraction of sp³-hybridized carbons (Fsp3) is 0.308. The number of thiazole rings is 1. The molecule has 6 heteroatoms. The minimum absolute atomic E-state index is 0.0324. The number of nitrogens with zero attached hydrogens (tertiary/aromatic N) is 3. The molecule has 2 heterocycles. The van der Waals surface area contributed by atoms with E-state index >= 15 is 0 Å². The van der Waals surface area contributed by atoms with Crippen LogP contribution in [0.15, 0.2) is 23.0 Å². The quantitative estimate of drug-likeness (QED) is 0.929. The molecule has 0 aliphatic carbocycles. The van der Waals surface area contributed by atoms with Gasteiger partial charge in [-0.2, -0.15) is 0 Å². The molecular weight excluding hydrogens is 260 g/mol. The number of hydrogen-bond donors (Lipinski definition) is 1. The second kappa shape index (κ2) is 5.79. The molecule has 2 rings (SSSR count). The average molecular weight is 276 g/mol. The summed E-state index contributed by atoms with van der Waals surface area (Å²) in [4.78, 5) is 22.5. The third-order valence-corrected chi connectivity index (χ3v) is 3.32. The molecule has 0 fully saturated rings. The molecule has 0 aliphatic heterocycles. The number of rotatable bonds is 4. The van der Waals surface area contributed by atoms with Gasteiger partial charge in [-0.3, -0.25) is 4.79 Å². The van der Waals surface area contributed by atoms with Gasteiger partial charge in [0.15, 0.2) is 0 Å². The first kappa shape index (κ1) is 13.5. The van der Waals surface area contributed by atoms with E-state index in [0.29, 0.717) is 17.9 Å². The lowest BCUT2D eigenvalue weighted by atomic mass is 10.2. The second-order valence-corrected chi connectivity index (χ2v) is 4.99. The number of aryl methyl sites for hydroxylation is 1. The summed E-state index contributed by atoms with van der Waals surface area (Å²) in [5.74, 6) is 0.667. The third-order valence-electron chi connectivity index (χ3n) is 2.69. The molecule has 0 saturated carbocycles. The third kappa shape index (κ3) is 3.29. The van der Waals surface area contributed by atoms with Gasteiger partial charge in [0, 0.05) is 30.7 Å². The van der Waals surface area contributed by atoms with Crippen LogP contribution in [-0.4, -0.2) is 34.9 Å². The number of amides is 1. The van der Waals surface area contributed by atoms with Crippen LogP contribution in [0.5, 0.6) is 0 Å². The van der Waals surface area contributed by atoms with Crippen molar-refractivity contribution in [2.75, 3.05) is 19.4 Å². The fourth-order valence-electron chi connectivity index (χ4n) is 1.77. The normalized spacial score (nSPS) is 10.3. The van der Waals surface area contributed by atoms with Gasteiger partial charge >= 0.3 is 0 Å². The lowest BCUT2D eigenvalue weighted by molar-refractivity contribution is 0.0783. The molecule has 5 nitrogen and oxygen atoms in total. The minimum Gasteiger partial charge on any atom is -0.373 e. The average Bonchev–Trinajstić information content (AvgIpc) is 2.89. The van der Waals surface area contributed by atoms with Crippen LogP contribution in [0.3, 0.4) is 0 Å². The highest BCUT2D eigenvalue weighted by atomic mass is 32.1. The molecule has 1 N–H and O–H groups in total. The zero-order valence-electron chi connectivity index (χ0n) is 11.2. The standard InChI is InChI=1S/C13H16N4OS/c1-9-4-10(5-12(14-2)16-9)13(18)17(3)6-11-7-19-8-15-11/h4-5,7-8H,6H2,1-3H3,(H,14,16). The Morgan fingerprint density at radius 1 is 1.47 bits per heavy atom. The molecule has 0 unspecified atom stereocenters. The van der Waals surface area contributed by atoms with E-state index in [1.54, 1.807) is 36.6 Å². The first-order valence-corrected chi connectivity index (χ1v) is 6.83. The van der Waals surface area contributed by atoms with Crippen LogP contribution in [0.2, 0.25) is 0 Å². The Kier molecular flexibility index (Phi) is 4.11. The van der Waals surface area contributed by atoms with E-state index in [1.807, 2.05) is 12.3 Å². The monoisotopic (exact) mass is 276 g/mol. The number of hydrogen-bond acceptors (Lipinski definition) is 5. The van der Waals surface area contributed by atoms with Crippen LogP contribution in [0, 0.1) is 6.92 Å². The van der Waals surface area contributed by atoms with Gasteiger partial charge in [-0.15, -0.1) is 11.3 Å². The maximum absolute atomic E-state index is 12.3. The Morgan fingerprint density at radius 3 is 2.89 bits per heavy atom. The van der Waals surface area contributed by atoms with Crippen molar-refractivity contribution in [2.45, 2.75) is 13.5 Å². The Bertz CT molecular complexity index is 568. The van der Waals surface area contributed by atoms with Gasteiger partial charge in [-0.25, -0.2) is 9.97 Å². The van der Waals surface area contributed by atoms with Gasteiger partial charge in [0.2, 0.25) is 0 Å². The molecule has 1 amide bonds. The maximum atomic E-state index is 12.3. The minimum atomic E-state index is -0.0324. The van der Waals surface area contributed by atoms with Crippen molar-refractivity contribution in [2.24, 2.45) is 0 Å². The molecule has 0 saturated heterocycles. The summed E-state index contributed by atoms with van der Waals surface area (Å²) in [6, 6.07) is 3.55. The summed E-state index contributed by atoms with van der Waals surface area (Å²) < 4.78 is 0. The highest BCUT2D eigenvalue weighted by Gasteiger charge is 2.14. The Labute approximate surface area is 116 Å². The highest BCUT2D eigenvalue weighted by Crippen LogP contribution is 2.13. The molecule has 0 atom stereocenters. The zero-order valence-corrected chi connectivity index (χ0v) is 12.0. The number of pyridine rings is 1. The maximum Gasteiger partial charge on any atom is 0.254 e. The summed E-state index contributed by atoms with van der Waals surface area (Å²) in [5, 5.41) is 4.90. The van der Waals surface area contributed by atoms with Crippen LogP contribution in [0.1, 0.15) is 21.7 Å². The Balaban J connectivity index is 2.16. The van der Waals surface area contributed by atoms with Gasteiger partial charge in [0.1, 0.15) is 5.82 Å². The molecule has 0 spiro atoms. The fourth-order valence-corrected chi connectivity index (χ4v) is 2.32. The summed E-state index contributed by atoms with van der Waals surface area (Å²) in [6.07, 6.45) is 0. The van der Waals surface area contributed by atoms with Crippen molar-refractivity contribution in [3.8, 4) is 0 Å². The predicted molar refractivity (Wildman–Crippen MR) is 76.4 cm³/mol. The SMILES string of the molecule is CNc1cc(C(=O)N(C)Cc2cscn2)cc(C)n1. The summed E-state index contributed by atoms with van der Waals surface area (Å²) in [5.41, 5.74) is 4.12. The van der Waals surface area contributed by atoms with Crippen LogP contribution in [0.25, 0.3) is 0 Å². The van der Waals surface area contributed by atoms with E-state index in [-0.39, 0.29) is 5.91 Å². The van der Waals surface area contributed by atoms with Crippen LogP contribution in [0.4, 0.5) is 5.82 Å². The van der Waals surface area contributed by atoms with Gasteiger partial charge in [-0.05, 0) is 19.1 Å². The lowest BCUT2D eigenvalue weighted by Crippen LogP contribution is -2.26. The Morgan fingerprint density at radius 2 is 2.26 bits per heavy atom. The summed E-state index contributed by atoms with van der Waals surface area (Å²) >= 11 is 1.53. The summed E-state index contributed by atoms with van der Waals surface area (Å²) in [7, 11) is 3.56. The predicted octanol–water partition coefficient (Wildman–Crippen LogP) is 2.16. The molecule has 2 aromatic rings. The second-order valence-electron chi connectivity index (χ2n) is 4.27. The van der Waals surface area contributed by atoms with Crippen molar-refractivity contribution >= 4 is 23.1 Å². The number of carbonyl (C=O) groups is 1. The number of nitrogens with one attached hydrogen (secondary N) is 1. The van der Waals surface area contributed by atoms with Gasteiger partial charge in [0.05, 0.1) is 17.7 Å². The van der Waals surface area contributed by atoms with Crippen molar-refractivity contribution < 1.29 is 4.79 Å². The number of carbonyl (C=O) groups excluding carboxylic acids is 1. The first-order chi connectivity index (χ1) is 9.10. The van der Waals surface area contributed by atoms with E-state index in [4.69, 9.17) is 0 Å². The highest BCUT2D eigenvalue weighted by molar-refractivity contribution is 7.07. The lowest BCUT2D eigenvalue weighted by Gasteiger charge is -2.16. The van der Waals surface area contributed by atoms with Gasteiger partial charge in [-0.1, -0.05) is 0 Å². The molecular formula is C13H16N4OS. The Hall–Kier alpha value is -1.95.